The molecule has 202 valence electrons. The highest BCUT2D eigenvalue weighted by atomic mass is 32.1. The van der Waals surface area contributed by atoms with Gasteiger partial charge in [0.25, 0.3) is 5.56 Å². The van der Waals surface area contributed by atoms with Crippen LogP contribution < -0.4 is 24.4 Å². The first-order chi connectivity index (χ1) is 19.4. The molecule has 4 aromatic rings. The van der Waals surface area contributed by atoms with Crippen LogP contribution >= 0.6 is 11.3 Å². The van der Waals surface area contributed by atoms with Crippen molar-refractivity contribution in [2.45, 2.75) is 13.0 Å². The van der Waals surface area contributed by atoms with Crippen molar-refractivity contribution in [2.75, 3.05) is 13.7 Å². The van der Waals surface area contributed by atoms with Gasteiger partial charge in [-0.1, -0.05) is 48.3 Å². The molecule has 0 unspecified atom stereocenters. The van der Waals surface area contributed by atoms with Gasteiger partial charge in [-0.05, 0) is 60.5 Å². The summed E-state index contributed by atoms with van der Waals surface area (Å²) >= 11 is 1.23. The van der Waals surface area contributed by atoms with E-state index in [2.05, 4.69) is 11.6 Å². The smallest absolute Gasteiger partial charge is 0.379 e. The summed E-state index contributed by atoms with van der Waals surface area (Å²) in [5.74, 6) is -0.198. The summed E-state index contributed by atoms with van der Waals surface area (Å²) in [7, 11) is 1.28. The van der Waals surface area contributed by atoms with Gasteiger partial charge in [-0.2, -0.15) is 0 Å². The predicted octanol–water partition coefficient (Wildman–Crippen LogP) is 3.79. The van der Waals surface area contributed by atoms with Crippen molar-refractivity contribution in [1.82, 2.24) is 4.57 Å². The molecule has 0 amide bonds. The molecular weight excluding hydrogens is 532 g/mol. The fraction of sp³-hybridized carbons (Fsp3) is 0.133. The lowest BCUT2D eigenvalue weighted by atomic mass is 9.96. The second kappa shape index (κ2) is 11.4. The summed E-state index contributed by atoms with van der Waals surface area (Å²) in [6, 6.07) is 16.2. The maximum Gasteiger partial charge on any atom is 0.379 e. The van der Waals surface area contributed by atoms with E-state index in [1.54, 1.807) is 49.4 Å². The fourth-order valence-electron chi connectivity index (χ4n) is 4.25. The Morgan fingerprint density at radius 3 is 2.45 bits per heavy atom. The second-order valence-corrected chi connectivity index (χ2v) is 9.69. The molecular formula is C30H24N2O7S. The quantitative estimate of drug-likeness (QED) is 0.185. The third-order valence-corrected chi connectivity index (χ3v) is 7.08. The van der Waals surface area contributed by atoms with Crippen LogP contribution in [-0.4, -0.2) is 30.2 Å². The van der Waals surface area contributed by atoms with Crippen LogP contribution in [0.5, 0.6) is 11.5 Å². The summed E-state index contributed by atoms with van der Waals surface area (Å²) in [6.45, 7) is 5.74. The van der Waals surface area contributed by atoms with Crippen LogP contribution in [0.2, 0.25) is 0 Å². The van der Waals surface area contributed by atoms with Crippen molar-refractivity contribution in [3.05, 3.63) is 127 Å². The van der Waals surface area contributed by atoms with Crippen molar-refractivity contribution in [2.24, 2.45) is 4.99 Å². The molecule has 0 fully saturated rings. The van der Waals surface area contributed by atoms with Crippen molar-refractivity contribution < 1.29 is 28.2 Å². The molecule has 10 heteroatoms. The van der Waals surface area contributed by atoms with Crippen LogP contribution in [0, 0.1) is 0 Å². The van der Waals surface area contributed by atoms with Gasteiger partial charge in [0.15, 0.2) is 4.80 Å². The third kappa shape index (κ3) is 5.29. The number of carbonyl (C=O) groups is 2. The van der Waals surface area contributed by atoms with Crippen LogP contribution in [-0.2, 0) is 9.53 Å². The number of aromatic nitrogens is 1. The molecule has 0 spiro atoms. The molecule has 0 saturated carbocycles. The molecule has 2 aromatic heterocycles. The summed E-state index contributed by atoms with van der Waals surface area (Å²) in [6.07, 6.45) is 4.82. The van der Waals surface area contributed by atoms with Gasteiger partial charge in [-0.3, -0.25) is 9.36 Å². The van der Waals surface area contributed by atoms with E-state index in [1.807, 2.05) is 24.3 Å². The first kappa shape index (κ1) is 26.6. The average molecular weight is 557 g/mol. The Hall–Kier alpha value is -4.96. The van der Waals surface area contributed by atoms with Gasteiger partial charge in [0, 0.05) is 0 Å². The number of thiazole rings is 1. The number of hydrogen-bond acceptors (Lipinski definition) is 9. The lowest BCUT2D eigenvalue weighted by Crippen LogP contribution is -2.39. The fourth-order valence-corrected chi connectivity index (χ4v) is 5.29. The van der Waals surface area contributed by atoms with Gasteiger partial charge >= 0.3 is 11.9 Å². The number of hydrogen-bond donors (Lipinski definition) is 0. The Morgan fingerprint density at radius 2 is 1.80 bits per heavy atom. The van der Waals surface area contributed by atoms with E-state index in [9.17, 15) is 14.4 Å². The molecule has 5 rings (SSSR count). The molecule has 0 aliphatic carbocycles. The number of fused-ring (bicyclic) bond motifs is 1. The Balaban J connectivity index is 1.53. The highest BCUT2D eigenvalue weighted by Gasteiger charge is 2.33. The summed E-state index contributed by atoms with van der Waals surface area (Å²) in [5.41, 5.74) is 1.80. The van der Waals surface area contributed by atoms with E-state index in [1.165, 1.54) is 35.3 Å². The largest absolute Gasteiger partial charge is 0.490 e. The zero-order chi connectivity index (χ0) is 28.2. The molecule has 0 saturated heterocycles. The Bertz CT molecular complexity index is 1780. The number of benzene rings is 2. The normalized spacial score (nSPS) is 14.8. The van der Waals surface area contributed by atoms with E-state index in [0.29, 0.717) is 33.0 Å². The molecule has 0 N–H and O–H groups in total. The molecule has 1 aliphatic heterocycles. The molecule has 40 heavy (non-hydrogen) atoms. The summed E-state index contributed by atoms with van der Waals surface area (Å²) in [5, 5.41) is 0. The van der Waals surface area contributed by atoms with Crippen LogP contribution in [0.3, 0.4) is 0 Å². The van der Waals surface area contributed by atoms with Crippen LogP contribution in [0.15, 0.2) is 105 Å². The number of allylic oxidation sites excluding steroid dienone is 1. The van der Waals surface area contributed by atoms with Crippen molar-refractivity contribution >= 4 is 29.4 Å². The van der Waals surface area contributed by atoms with E-state index < -0.39 is 18.0 Å². The molecule has 1 atom stereocenters. The van der Waals surface area contributed by atoms with E-state index >= 15 is 0 Å². The first-order valence-electron chi connectivity index (χ1n) is 12.2. The van der Waals surface area contributed by atoms with Gasteiger partial charge in [0.2, 0.25) is 5.76 Å². The van der Waals surface area contributed by atoms with Crippen molar-refractivity contribution in [1.29, 1.82) is 0 Å². The van der Waals surface area contributed by atoms with E-state index in [4.69, 9.17) is 18.6 Å². The van der Waals surface area contributed by atoms with Crippen molar-refractivity contribution in [3.8, 4) is 11.5 Å². The highest BCUT2D eigenvalue weighted by molar-refractivity contribution is 7.07. The van der Waals surface area contributed by atoms with Crippen LogP contribution in [0.25, 0.3) is 6.08 Å². The van der Waals surface area contributed by atoms with Crippen LogP contribution in [0.1, 0.15) is 34.6 Å². The van der Waals surface area contributed by atoms with Gasteiger partial charge in [0.1, 0.15) is 18.1 Å². The number of esters is 2. The molecule has 2 aromatic carbocycles. The molecule has 0 bridgehead atoms. The van der Waals surface area contributed by atoms with Gasteiger partial charge < -0.3 is 18.6 Å². The Morgan fingerprint density at radius 1 is 1.07 bits per heavy atom. The number of methoxy groups -OCH3 is 1. The number of carbonyl (C=O) groups excluding carboxylic acids is 2. The molecule has 1 aliphatic rings. The summed E-state index contributed by atoms with van der Waals surface area (Å²) < 4.78 is 23.0. The van der Waals surface area contributed by atoms with E-state index in [0.717, 1.165) is 5.56 Å². The highest BCUT2D eigenvalue weighted by Crippen LogP contribution is 2.31. The maximum atomic E-state index is 13.7. The second-order valence-electron chi connectivity index (χ2n) is 8.68. The first-order valence-corrected chi connectivity index (χ1v) is 13.0. The topological polar surface area (TPSA) is 109 Å². The third-order valence-electron chi connectivity index (χ3n) is 6.10. The van der Waals surface area contributed by atoms with Gasteiger partial charge in [-0.15, -0.1) is 0 Å². The monoisotopic (exact) mass is 556 g/mol. The number of ether oxygens (including phenoxy) is 3. The minimum atomic E-state index is -0.796. The maximum absolute atomic E-state index is 13.7. The van der Waals surface area contributed by atoms with Gasteiger partial charge in [0.05, 0.1) is 35.2 Å². The van der Waals surface area contributed by atoms with E-state index in [-0.39, 0.29) is 22.6 Å². The van der Waals surface area contributed by atoms with Crippen molar-refractivity contribution in [3.63, 3.8) is 0 Å². The number of nitrogens with zero attached hydrogens (tertiary/aromatic N) is 2. The molecule has 3 heterocycles. The number of furan rings is 1. The SMILES string of the molecule is C=CCOc1ccc(/C=c2/sc3n(c2=O)[C@H](c2ccc(OC(=O)c4ccco4)cc2)C(C(=O)OC)=C(C)N=3)cc1. The van der Waals surface area contributed by atoms with Gasteiger partial charge in [-0.25, -0.2) is 14.6 Å². The zero-order valence-electron chi connectivity index (χ0n) is 21.7. The summed E-state index contributed by atoms with van der Waals surface area (Å²) in [4.78, 5) is 43.8. The lowest BCUT2D eigenvalue weighted by Gasteiger charge is -2.24. The predicted molar refractivity (Wildman–Crippen MR) is 148 cm³/mol. The Kier molecular flexibility index (Phi) is 7.61. The minimum absolute atomic E-state index is 0.0710. The standard InChI is InChI=1S/C30H24N2O7S/c1-4-15-37-21-11-7-19(8-12-21)17-24-27(33)32-26(25(29(35)36-3)18(2)31-30(32)40-24)20-9-13-22(14-10-20)39-28(34)23-6-5-16-38-23/h4-14,16-17,26H,1,15H2,2-3H3/b24-17+/t26-/m1/s1. The van der Waals surface area contributed by atoms with Crippen LogP contribution in [0.4, 0.5) is 0 Å². The molecule has 9 nitrogen and oxygen atoms in total. The average Bonchev–Trinajstić information content (AvgIpc) is 3.61. The molecule has 0 radical (unpaired) electrons. The lowest BCUT2D eigenvalue weighted by molar-refractivity contribution is -0.136. The number of rotatable bonds is 8. The Labute approximate surface area is 232 Å². The minimum Gasteiger partial charge on any atom is -0.490 e. The zero-order valence-corrected chi connectivity index (χ0v) is 22.5.